The van der Waals surface area contributed by atoms with E-state index in [9.17, 15) is 0 Å². The minimum absolute atomic E-state index is 0.485. The molecule has 0 radical (unpaired) electrons. The number of hydrogen-bond acceptors (Lipinski definition) is 6. The van der Waals surface area contributed by atoms with Crippen LogP contribution in [0.15, 0.2) is 56.4 Å². The fourth-order valence-electron chi connectivity index (χ4n) is 2.61. The van der Waals surface area contributed by atoms with E-state index in [4.69, 9.17) is 13.3 Å². The van der Waals surface area contributed by atoms with Crippen LogP contribution in [0.2, 0.25) is 0 Å². The molecule has 0 unspecified atom stereocenters. The second-order valence-electron chi connectivity index (χ2n) is 5.94. The van der Waals surface area contributed by atoms with Crippen LogP contribution in [0.4, 0.5) is 5.82 Å². The second kappa shape index (κ2) is 5.88. The molecule has 0 aromatic carbocycles. The van der Waals surface area contributed by atoms with Crippen molar-refractivity contribution in [2.75, 3.05) is 11.9 Å². The minimum Gasteiger partial charge on any atom is -0.464 e. The largest absolute Gasteiger partial charge is 0.464 e. The Morgan fingerprint density at radius 1 is 1.04 bits per heavy atom. The molecule has 24 heavy (non-hydrogen) atoms. The maximum atomic E-state index is 5.97. The van der Waals surface area contributed by atoms with Crippen LogP contribution < -0.4 is 5.32 Å². The van der Waals surface area contributed by atoms with Crippen LogP contribution in [0, 0.1) is 5.92 Å². The van der Waals surface area contributed by atoms with Gasteiger partial charge in [0.1, 0.15) is 17.9 Å². The average Bonchev–Trinajstić information content (AvgIpc) is 3.30. The number of aromatic nitrogens is 2. The zero-order valence-corrected chi connectivity index (χ0v) is 13.4. The van der Waals surface area contributed by atoms with Crippen molar-refractivity contribution in [3.05, 3.63) is 43.1 Å². The molecule has 0 bridgehead atoms. The monoisotopic (exact) mass is 323 g/mol. The lowest BCUT2D eigenvalue weighted by atomic mass is 10.1. The molecule has 0 aliphatic rings. The van der Waals surface area contributed by atoms with Gasteiger partial charge in [-0.1, -0.05) is 13.8 Å². The Balaban J connectivity index is 1.97. The van der Waals surface area contributed by atoms with Gasteiger partial charge in [0.2, 0.25) is 5.71 Å². The van der Waals surface area contributed by atoms with E-state index >= 15 is 0 Å². The molecule has 0 spiro atoms. The van der Waals surface area contributed by atoms with Crippen molar-refractivity contribution in [2.45, 2.75) is 13.8 Å². The minimum atomic E-state index is 0.485. The molecule has 4 heterocycles. The first-order chi connectivity index (χ1) is 11.7. The standard InChI is InChI=1S/C18H17N3O3/c1-11(2)9-19-17-15-14(12-5-3-7-22-12)16(13-6-4-8-23-13)24-18(15)21-10-20-17/h3-8,10-11H,9H2,1-2H3,(H,19,20,21). The fraction of sp³-hybridized carbons (Fsp3) is 0.222. The Bertz CT molecular complexity index is 938. The van der Waals surface area contributed by atoms with Crippen LogP contribution in [0.5, 0.6) is 0 Å². The third-order valence-electron chi connectivity index (χ3n) is 3.68. The van der Waals surface area contributed by atoms with E-state index < -0.39 is 0 Å². The summed E-state index contributed by atoms with van der Waals surface area (Å²) < 4.78 is 17.1. The summed E-state index contributed by atoms with van der Waals surface area (Å²) in [5.74, 6) is 3.09. The average molecular weight is 323 g/mol. The first-order valence-electron chi connectivity index (χ1n) is 7.83. The second-order valence-corrected chi connectivity index (χ2v) is 5.94. The lowest BCUT2D eigenvalue weighted by Gasteiger charge is -2.09. The lowest BCUT2D eigenvalue weighted by molar-refractivity contribution is 0.536. The Morgan fingerprint density at radius 3 is 2.46 bits per heavy atom. The van der Waals surface area contributed by atoms with Crippen molar-refractivity contribution in [1.29, 1.82) is 0 Å². The van der Waals surface area contributed by atoms with E-state index in [1.54, 1.807) is 12.5 Å². The van der Waals surface area contributed by atoms with Gasteiger partial charge in [-0.25, -0.2) is 9.97 Å². The Morgan fingerprint density at radius 2 is 1.79 bits per heavy atom. The van der Waals surface area contributed by atoms with Gasteiger partial charge in [-0.3, -0.25) is 0 Å². The molecule has 0 fully saturated rings. The third kappa shape index (κ3) is 2.46. The molecule has 1 N–H and O–H groups in total. The predicted octanol–water partition coefficient (Wildman–Crippen LogP) is 4.81. The maximum Gasteiger partial charge on any atom is 0.232 e. The van der Waals surface area contributed by atoms with Crippen molar-refractivity contribution < 1.29 is 13.3 Å². The molecule has 0 aliphatic heterocycles. The lowest BCUT2D eigenvalue weighted by Crippen LogP contribution is -2.09. The summed E-state index contributed by atoms with van der Waals surface area (Å²) in [6.07, 6.45) is 4.73. The number of nitrogens with zero attached hydrogens (tertiary/aromatic N) is 2. The van der Waals surface area contributed by atoms with E-state index in [-0.39, 0.29) is 0 Å². The first-order valence-corrected chi connectivity index (χ1v) is 7.83. The van der Waals surface area contributed by atoms with Gasteiger partial charge in [0.15, 0.2) is 11.5 Å². The summed E-state index contributed by atoms with van der Waals surface area (Å²) in [6, 6.07) is 7.39. The normalized spacial score (nSPS) is 11.5. The van der Waals surface area contributed by atoms with Crippen molar-refractivity contribution in [2.24, 2.45) is 5.92 Å². The van der Waals surface area contributed by atoms with Gasteiger partial charge < -0.3 is 18.6 Å². The van der Waals surface area contributed by atoms with Gasteiger partial charge in [0.25, 0.3) is 0 Å². The highest BCUT2D eigenvalue weighted by Crippen LogP contribution is 2.42. The zero-order valence-electron chi connectivity index (χ0n) is 13.4. The summed E-state index contributed by atoms with van der Waals surface area (Å²) in [4.78, 5) is 8.66. The van der Waals surface area contributed by atoms with Crippen molar-refractivity contribution in [3.63, 3.8) is 0 Å². The van der Waals surface area contributed by atoms with Gasteiger partial charge >= 0.3 is 0 Å². The topological polar surface area (TPSA) is 77.2 Å². The van der Waals surface area contributed by atoms with Crippen LogP contribution in [-0.2, 0) is 0 Å². The third-order valence-corrected chi connectivity index (χ3v) is 3.68. The molecule has 4 aromatic heterocycles. The van der Waals surface area contributed by atoms with E-state index in [2.05, 4.69) is 29.1 Å². The summed E-state index contributed by atoms with van der Waals surface area (Å²) in [7, 11) is 0. The predicted molar refractivity (Wildman–Crippen MR) is 90.5 cm³/mol. The van der Waals surface area contributed by atoms with Gasteiger partial charge in [-0.05, 0) is 30.2 Å². The van der Waals surface area contributed by atoms with E-state index in [0.717, 1.165) is 23.3 Å². The van der Waals surface area contributed by atoms with E-state index in [1.165, 1.54) is 6.33 Å². The van der Waals surface area contributed by atoms with Crippen molar-refractivity contribution in [3.8, 4) is 22.8 Å². The molecule has 0 aliphatic carbocycles. The molecule has 0 amide bonds. The highest BCUT2D eigenvalue weighted by molar-refractivity contribution is 6.04. The Hall–Kier alpha value is -3.02. The quantitative estimate of drug-likeness (QED) is 0.568. The number of hydrogen-bond donors (Lipinski definition) is 1. The van der Waals surface area contributed by atoms with Crippen LogP contribution in [0.3, 0.4) is 0 Å². The Kier molecular flexibility index (Phi) is 3.57. The summed E-state index contributed by atoms with van der Waals surface area (Å²) in [5, 5.41) is 4.16. The van der Waals surface area contributed by atoms with Gasteiger partial charge in [-0.15, -0.1) is 0 Å². The molecule has 0 saturated carbocycles. The fourth-order valence-corrected chi connectivity index (χ4v) is 2.61. The molecule has 0 saturated heterocycles. The summed E-state index contributed by atoms with van der Waals surface area (Å²) in [5.41, 5.74) is 1.28. The van der Waals surface area contributed by atoms with Crippen LogP contribution in [0.1, 0.15) is 13.8 Å². The Labute approximate surface area is 138 Å². The SMILES string of the molecule is CC(C)CNc1ncnc2oc(-c3ccco3)c(-c3ccco3)c12. The number of nitrogens with one attached hydrogen (secondary N) is 1. The van der Waals surface area contributed by atoms with Crippen molar-refractivity contribution >= 4 is 16.9 Å². The number of fused-ring (bicyclic) bond motifs is 1. The summed E-state index contributed by atoms with van der Waals surface area (Å²) in [6.45, 7) is 5.08. The molecule has 4 rings (SSSR count). The van der Waals surface area contributed by atoms with Crippen LogP contribution in [0.25, 0.3) is 33.9 Å². The molecule has 4 aromatic rings. The van der Waals surface area contributed by atoms with Gasteiger partial charge in [0.05, 0.1) is 23.5 Å². The maximum absolute atomic E-state index is 5.97. The van der Waals surface area contributed by atoms with E-state index in [1.807, 2.05) is 24.3 Å². The molecular weight excluding hydrogens is 306 g/mol. The summed E-state index contributed by atoms with van der Waals surface area (Å²) >= 11 is 0. The number of anilines is 1. The highest BCUT2D eigenvalue weighted by Gasteiger charge is 2.25. The van der Waals surface area contributed by atoms with Gasteiger partial charge in [-0.2, -0.15) is 0 Å². The van der Waals surface area contributed by atoms with Gasteiger partial charge in [0, 0.05) is 6.54 Å². The number of rotatable bonds is 5. The van der Waals surface area contributed by atoms with E-state index in [0.29, 0.717) is 28.9 Å². The smallest absolute Gasteiger partial charge is 0.232 e. The molecule has 0 atom stereocenters. The highest BCUT2D eigenvalue weighted by atomic mass is 16.4. The first kappa shape index (κ1) is 14.6. The zero-order chi connectivity index (χ0) is 16.5. The van der Waals surface area contributed by atoms with Crippen LogP contribution in [-0.4, -0.2) is 16.5 Å². The molecule has 122 valence electrons. The molecular formula is C18H17N3O3. The molecule has 6 nitrogen and oxygen atoms in total. The number of furan rings is 3. The molecule has 6 heteroatoms. The van der Waals surface area contributed by atoms with Crippen molar-refractivity contribution in [1.82, 2.24) is 9.97 Å². The van der Waals surface area contributed by atoms with Crippen LogP contribution >= 0.6 is 0 Å².